The van der Waals surface area contributed by atoms with E-state index in [0.717, 1.165) is 18.4 Å². The predicted molar refractivity (Wildman–Crippen MR) is 101 cm³/mol. The van der Waals surface area contributed by atoms with Crippen molar-refractivity contribution in [2.45, 2.75) is 31.7 Å². The number of halogens is 2. The monoisotopic (exact) mass is 394 g/mol. The Kier molecular flexibility index (Phi) is 6.22. The molecular formula is C19H20Cl2N2O3. The summed E-state index contributed by atoms with van der Waals surface area (Å²) in [5.41, 5.74) is 1.43. The van der Waals surface area contributed by atoms with E-state index in [4.69, 9.17) is 27.6 Å². The number of hydrogen-bond donors (Lipinski definition) is 1. The highest BCUT2D eigenvalue weighted by Crippen LogP contribution is 2.26. The normalized spacial score (nSPS) is 15.1. The van der Waals surface area contributed by atoms with Crippen LogP contribution in [-0.2, 0) is 11.2 Å². The van der Waals surface area contributed by atoms with Crippen molar-refractivity contribution in [2.75, 3.05) is 13.1 Å². The Morgan fingerprint density at radius 2 is 1.96 bits per heavy atom. The molecule has 1 fully saturated rings. The van der Waals surface area contributed by atoms with E-state index in [1.54, 1.807) is 17.0 Å². The second-order valence-electron chi connectivity index (χ2n) is 6.36. The number of amides is 2. The van der Waals surface area contributed by atoms with E-state index in [-0.39, 0.29) is 17.9 Å². The van der Waals surface area contributed by atoms with E-state index in [1.165, 1.54) is 12.5 Å². The Labute approximate surface area is 162 Å². The molecule has 2 aromatic rings. The van der Waals surface area contributed by atoms with Gasteiger partial charge in [-0.3, -0.25) is 9.59 Å². The minimum atomic E-state index is -0.0286. The van der Waals surface area contributed by atoms with E-state index in [1.807, 2.05) is 12.1 Å². The molecule has 0 saturated carbocycles. The first-order chi connectivity index (χ1) is 12.5. The third-order valence-corrected chi connectivity index (χ3v) is 5.43. The van der Waals surface area contributed by atoms with Crippen LogP contribution in [0.1, 0.15) is 35.2 Å². The van der Waals surface area contributed by atoms with Crippen LogP contribution in [0.5, 0.6) is 0 Å². The molecule has 1 aliphatic heterocycles. The zero-order valence-corrected chi connectivity index (χ0v) is 15.7. The molecule has 3 rings (SSSR count). The summed E-state index contributed by atoms with van der Waals surface area (Å²) in [5, 5.41) is 4.05. The molecular weight excluding hydrogens is 375 g/mol. The molecule has 1 aromatic heterocycles. The number of benzene rings is 1. The van der Waals surface area contributed by atoms with Crippen LogP contribution in [0.25, 0.3) is 0 Å². The number of aryl methyl sites for hydroxylation is 1. The smallest absolute Gasteiger partial charge is 0.257 e. The largest absolute Gasteiger partial charge is 0.472 e. The van der Waals surface area contributed by atoms with Crippen LogP contribution in [0.3, 0.4) is 0 Å². The van der Waals surface area contributed by atoms with Gasteiger partial charge in [0.2, 0.25) is 5.91 Å². The molecule has 0 bridgehead atoms. The molecule has 0 atom stereocenters. The number of nitrogens with one attached hydrogen (secondary N) is 1. The fourth-order valence-corrected chi connectivity index (χ4v) is 3.50. The van der Waals surface area contributed by atoms with E-state index in [2.05, 4.69) is 5.32 Å². The lowest BCUT2D eigenvalue weighted by Gasteiger charge is -2.32. The zero-order chi connectivity index (χ0) is 18.5. The Bertz CT molecular complexity index is 769. The van der Waals surface area contributed by atoms with Gasteiger partial charge in [-0.1, -0.05) is 35.3 Å². The van der Waals surface area contributed by atoms with Gasteiger partial charge in [0.15, 0.2) is 0 Å². The van der Waals surface area contributed by atoms with Gasteiger partial charge in [0.25, 0.3) is 5.91 Å². The van der Waals surface area contributed by atoms with Gasteiger partial charge in [-0.25, -0.2) is 0 Å². The number of furan rings is 1. The number of rotatable bonds is 5. The number of piperidine rings is 1. The molecule has 0 spiro atoms. The molecule has 1 aromatic carbocycles. The number of carbonyl (C=O) groups is 2. The molecule has 138 valence electrons. The summed E-state index contributed by atoms with van der Waals surface area (Å²) in [6.07, 6.45) is 5.33. The van der Waals surface area contributed by atoms with Crippen molar-refractivity contribution >= 4 is 35.0 Å². The SMILES string of the molecule is O=C(CCc1cccc(Cl)c1Cl)NC1CCN(C(=O)c2ccoc2)CC1. The number of nitrogens with zero attached hydrogens (tertiary/aromatic N) is 1. The van der Waals surface area contributed by atoms with Crippen LogP contribution in [0.4, 0.5) is 0 Å². The first-order valence-corrected chi connectivity index (χ1v) is 9.34. The number of hydrogen-bond acceptors (Lipinski definition) is 3. The second-order valence-corrected chi connectivity index (χ2v) is 7.14. The van der Waals surface area contributed by atoms with Crippen molar-refractivity contribution < 1.29 is 14.0 Å². The van der Waals surface area contributed by atoms with Crippen LogP contribution >= 0.6 is 23.2 Å². The summed E-state index contributed by atoms with van der Waals surface area (Å²) in [6.45, 7) is 1.24. The summed E-state index contributed by atoms with van der Waals surface area (Å²) < 4.78 is 4.96. The highest BCUT2D eigenvalue weighted by Gasteiger charge is 2.25. The fraction of sp³-hybridized carbons (Fsp3) is 0.368. The minimum Gasteiger partial charge on any atom is -0.472 e. The third-order valence-electron chi connectivity index (χ3n) is 4.57. The number of carbonyl (C=O) groups excluding carboxylic acids is 2. The van der Waals surface area contributed by atoms with Crippen LogP contribution in [0, 0.1) is 0 Å². The van der Waals surface area contributed by atoms with Crippen LogP contribution in [-0.4, -0.2) is 35.8 Å². The molecule has 26 heavy (non-hydrogen) atoms. The van der Waals surface area contributed by atoms with Crippen molar-refractivity contribution in [3.8, 4) is 0 Å². The molecule has 0 unspecified atom stereocenters. The summed E-state index contributed by atoms with van der Waals surface area (Å²) in [5.74, 6) is -0.0419. The van der Waals surface area contributed by atoms with E-state index in [0.29, 0.717) is 41.5 Å². The fourth-order valence-electron chi connectivity index (χ4n) is 3.09. The lowest BCUT2D eigenvalue weighted by atomic mass is 10.0. The quantitative estimate of drug-likeness (QED) is 0.834. The molecule has 5 nitrogen and oxygen atoms in total. The third kappa shape index (κ3) is 4.59. The minimum absolute atomic E-state index is 0.0133. The van der Waals surface area contributed by atoms with Crippen molar-refractivity contribution in [1.82, 2.24) is 10.2 Å². The predicted octanol–water partition coefficient (Wildman–Crippen LogP) is 3.94. The van der Waals surface area contributed by atoms with Gasteiger partial charge in [-0.15, -0.1) is 0 Å². The highest BCUT2D eigenvalue weighted by molar-refractivity contribution is 6.42. The van der Waals surface area contributed by atoms with Crippen LogP contribution < -0.4 is 5.32 Å². The topological polar surface area (TPSA) is 62.6 Å². The standard InChI is InChI=1S/C19H20Cl2N2O3/c20-16-3-1-2-13(18(16)21)4-5-17(24)22-15-6-9-23(10-7-15)19(25)14-8-11-26-12-14/h1-3,8,11-12,15H,4-7,9-10H2,(H,22,24). The lowest BCUT2D eigenvalue weighted by molar-refractivity contribution is -0.122. The van der Waals surface area contributed by atoms with Crippen molar-refractivity contribution in [3.63, 3.8) is 0 Å². The van der Waals surface area contributed by atoms with Gasteiger partial charge in [-0.05, 0) is 37.0 Å². The van der Waals surface area contributed by atoms with Gasteiger partial charge >= 0.3 is 0 Å². The average molecular weight is 395 g/mol. The van der Waals surface area contributed by atoms with Crippen molar-refractivity contribution in [1.29, 1.82) is 0 Å². The second kappa shape index (κ2) is 8.60. The summed E-state index contributed by atoms with van der Waals surface area (Å²) in [4.78, 5) is 26.3. The summed E-state index contributed by atoms with van der Waals surface area (Å²) in [6, 6.07) is 7.18. The van der Waals surface area contributed by atoms with Gasteiger partial charge in [-0.2, -0.15) is 0 Å². The maximum Gasteiger partial charge on any atom is 0.257 e. The first kappa shape index (κ1) is 18.8. The Morgan fingerprint density at radius 1 is 1.19 bits per heavy atom. The van der Waals surface area contributed by atoms with E-state index < -0.39 is 0 Å². The molecule has 1 aliphatic rings. The average Bonchev–Trinajstić information content (AvgIpc) is 3.18. The molecule has 7 heteroatoms. The highest BCUT2D eigenvalue weighted by atomic mass is 35.5. The molecule has 1 saturated heterocycles. The van der Waals surface area contributed by atoms with Crippen molar-refractivity contribution in [2.24, 2.45) is 0 Å². The van der Waals surface area contributed by atoms with E-state index >= 15 is 0 Å². The Balaban J connectivity index is 1.43. The van der Waals surface area contributed by atoms with Gasteiger partial charge in [0, 0.05) is 25.6 Å². The Hall–Kier alpha value is -1.98. The summed E-state index contributed by atoms with van der Waals surface area (Å²) in [7, 11) is 0. The first-order valence-electron chi connectivity index (χ1n) is 8.58. The van der Waals surface area contributed by atoms with Gasteiger partial charge in [0.05, 0.1) is 21.9 Å². The Morgan fingerprint density at radius 3 is 2.65 bits per heavy atom. The van der Waals surface area contributed by atoms with Crippen LogP contribution in [0.2, 0.25) is 10.0 Å². The molecule has 1 N–H and O–H groups in total. The van der Waals surface area contributed by atoms with Gasteiger partial charge in [0.1, 0.15) is 6.26 Å². The molecule has 0 aliphatic carbocycles. The van der Waals surface area contributed by atoms with Crippen LogP contribution in [0.15, 0.2) is 41.2 Å². The lowest BCUT2D eigenvalue weighted by Crippen LogP contribution is -2.46. The number of likely N-dealkylation sites (tertiary alicyclic amines) is 1. The molecule has 2 heterocycles. The maximum absolute atomic E-state index is 12.3. The summed E-state index contributed by atoms with van der Waals surface area (Å²) >= 11 is 12.1. The maximum atomic E-state index is 12.3. The van der Waals surface area contributed by atoms with Crippen molar-refractivity contribution in [3.05, 3.63) is 58.0 Å². The molecule has 2 amide bonds. The molecule has 0 radical (unpaired) electrons. The van der Waals surface area contributed by atoms with E-state index in [9.17, 15) is 9.59 Å². The zero-order valence-electron chi connectivity index (χ0n) is 14.2. The van der Waals surface area contributed by atoms with Gasteiger partial charge < -0.3 is 14.6 Å².